The minimum Gasteiger partial charge on any atom is -0.379 e. The fourth-order valence-electron chi connectivity index (χ4n) is 2.77. The van der Waals surface area contributed by atoms with Gasteiger partial charge in [-0.25, -0.2) is 4.39 Å². The van der Waals surface area contributed by atoms with E-state index in [1.54, 1.807) is 12.3 Å². The van der Waals surface area contributed by atoms with Gasteiger partial charge in [-0.05, 0) is 54.3 Å². The molecule has 6 heteroatoms. The van der Waals surface area contributed by atoms with Crippen LogP contribution in [0.15, 0.2) is 48.7 Å². The number of aromatic amines is 1. The van der Waals surface area contributed by atoms with Crippen molar-refractivity contribution < 1.29 is 13.9 Å². The summed E-state index contributed by atoms with van der Waals surface area (Å²) < 4.78 is 18.7. The van der Waals surface area contributed by atoms with Crippen molar-refractivity contribution in [2.24, 2.45) is 0 Å². The first-order valence-electron chi connectivity index (χ1n) is 8.18. The van der Waals surface area contributed by atoms with Crippen LogP contribution < -0.4 is 5.32 Å². The molecule has 0 spiro atoms. The highest BCUT2D eigenvalue weighted by atomic mass is 19.1. The van der Waals surface area contributed by atoms with E-state index in [2.05, 4.69) is 10.3 Å². The lowest BCUT2D eigenvalue weighted by Crippen LogP contribution is -2.38. The molecule has 1 atom stereocenters. The van der Waals surface area contributed by atoms with E-state index in [-0.39, 0.29) is 17.6 Å². The molecule has 25 heavy (non-hydrogen) atoms. The van der Waals surface area contributed by atoms with Crippen molar-refractivity contribution in [1.82, 2.24) is 10.3 Å². The Morgan fingerprint density at radius 2 is 2.28 bits per heavy atom. The van der Waals surface area contributed by atoms with Crippen molar-refractivity contribution in [3.8, 4) is 0 Å². The summed E-state index contributed by atoms with van der Waals surface area (Å²) in [7, 11) is 0. The minimum atomic E-state index is -0.432. The predicted molar refractivity (Wildman–Crippen MR) is 94.0 cm³/mol. The molecule has 0 aliphatic carbocycles. The maximum atomic E-state index is 13.4. The van der Waals surface area contributed by atoms with Crippen LogP contribution in [0.2, 0.25) is 0 Å². The summed E-state index contributed by atoms with van der Waals surface area (Å²) in [6.07, 6.45) is 4.48. The van der Waals surface area contributed by atoms with Crippen molar-refractivity contribution in [2.45, 2.75) is 18.9 Å². The topological polar surface area (TPSA) is 78.0 Å². The predicted octanol–water partition coefficient (Wildman–Crippen LogP) is 2.70. The zero-order valence-electron chi connectivity index (χ0n) is 13.7. The van der Waals surface area contributed by atoms with E-state index < -0.39 is 5.91 Å². The molecule has 1 amide bonds. The smallest absolute Gasteiger partial charge is 0.269 e. The first-order chi connectivity index (χ1) is 12.1. The van der Waals surface area contributed by atoms with Gasteiger partial charge in [0, 0.05) is 18.5 Å². The molecule has 0 bridgehead atoms. The summed E-state index contributed by atoms with van der Waals surface area (Å²) in [4.78, 5) is 15.3. The standard InChI is InChI=1S/C19H20FN3O2/c20-15-4-1-3-13(10-15)9-14(18-5-2-7-22-18)11-17(21)19(24)23-16-6-8-25-12-16/h1-5,7,10-11,16,21-22H,6,8-9,12H2,(H,23,24)/b14-11-,21-17?. The minimum absolute atomic E-state index is 0.0431. The summed E-state index contributed by atoms with van der Waals surface area (Å²) >= 11 is 0. The maximum absolute atomic E-state index is 13.4. The number of carbonyl (C=O) groups is 1. The van der Waals surface area contributed by atoms with Crippen molar-refractivity contribution >= 4 is 17.2 Å². The van der Waals surface area contributed by atoms with Gasteiger partial charge in [0.25, 0.3) is 5.91 Å². The van der Waals surface area contributed by atoms with E-state index in [0.717, 1.165) is 23.3 Å². The third kappa shape index (κ3) is 4.64. The number of hydrogen-bond donors (Lipinski definition) is 3. The highest BCUT2D eigenvalue weighted by Gasteiger charge is 2.19. The molecule has 3 rings (SSSR count). The SMILES string of the molecule is N=C(/C=C(/Cc1cccc(F)c1)c1ccc[nH]1)C(=O)NC1CCOC1. The Balaban J connectivity index is 1.77. The van der Waals surface area contributed by atoms with Gasteiger partial charge >= 0.3 is 0 Å². The number of carbonyl (C=O) groups excluding carboxylic acids is 1. The van der Waals surface area contributed by atoms with Crippen molar-refractivity contribution in [1.29, 1.82) is 5.41 Å². The molecule has 0 saturated carbocycles. The lowest BCUT2D eigenvalue weighted by Gasteiger charge is -2.11. The summed E-state index contributed by atoms with van der Waals surface area (Å²) in [5.74, 6) is -0.740. The molecule has 2 heterocycles. The quantitative estimate of drug-likeness (QED) is 0.707. The molecule has 1 aromatic carbocycles. The van der Waals surface area contributed by atoms with Gasteiger partial charge < -0.3 is 15.0 Å². The zero-order chi connectivity index (χ0) is 17.6. The summed E-state index contributed by atoms with van der Waals surface area (Å²) in [5, 5.41) is 10.9. The van der Waals surface area contributed by atoms with Crippen molar-refractivity contribution in [3.63, 3.8) is 0 Å². The summed E-state index contributed by atoms with van der Waals surface area (Å²) in [5.41, 5.74) is 2.19. The van der Waals surface area contributed by atoms with Crippen LogP contribution in [0.5, 0.6) is 0 Å². The maximum Gasteiger partial charge on any atom is 0.269 e. The molecule has 1 saturated heterocycles. The zero-order valence-corrected chi connectivity index (χ0v) is 13.7. The van der Waals surface area contributed by atoms with E-state index >= 15 is 0 Å². The van der Waals surface area contributed by atoms with Crippen molar-refractivity contribution in [2.75, 3.05) is 13.2 Å². The van der Waals surface area contributed by atoms with E-state index in [1.807, 2.05) is 18.2 Å². The Kier molecular flexibility index (Phi) is 5.40. The Labute approximate surface area is 145 Å². The molecule has 3 N–H and O–H groups in total. The van der Waals surface area contributed by atoms with Crippen LogP contribution in [0.25, 0.3) is 5.57 Å². The highest BCUT2D eigenvalue weighted by molar-refractivity contribution is 6.43. The van der Waals surface area contributed by atoms with Gasteiger partial charge in [-0.3, -0.25) is 10.2 Å². The fourth-order valence-corrected chi connectivity index (χ4v) is 2.77. The third-order valence-electron chi connectivity index (χ3n) is 4.06. The number of benzene rings is 1. The van der Waals surface area contributed by atoms with E-state index in [4.69, 9.17) is 10.1 Å². The number of allylic oxidation sites excluding steroid dienone is 1. The van der Waals surface area contributed by atoms with Gasteiger partial charge in [0.1, 0.15) is 11.5 Å². The Morgan fingerprint density at radius 1 is 1.40 bits per heavy atom. The van der Waals surface area contributed by atoms with Crippen LogP contribution >= 0.6 is 0 Å². The second kappa shape index (κ2) is 7.90. The van der Waals surface area contributed by atoms with E-state index in [1.165, 1.54) is 18.2 Å². The van der Waals surface area contributed by atoms with Gasteiger partial charge in [0.05, 0.1) is 12.6 Å². The first-order valence-corrected chi connectivity index (χ1v) is 8.18. The number of amides is 1. The van der Waals surface area contributed by atoms with E-state index in [9.17, 15) is 9.18 Å². The fraction of sp³-hybridized carbons (Fsp3) is 0.263. The molecule has 2 aromatic rings. The number of halogens is 1. The van der Waals surface area contributed by atoms with Crippen LogP contribution in [0, 0.1) is 11.2 Å². The van der Waals surface area contributed by atoms with Gasteiger partial charge in [0.15, 0.2) is 0 Å². The van der Waals surface area contributed by atoms with Gasteiger partial charge in [-0.1, -0.05) is 12.1 Å². The average molecular weight is 341 g/mol. The monoisotopic (exact) mass is 341 g/mol. The molecule has 130 valence electrons. The van der Waals surface area contributed by atoms with Gasteiger partial charge in [-0.2, -0.15) is 0 Å². The number of aromatic nitrogens is 1. The molecule has 1 aliphatic rings. The van der Waals surface area contributed by atoms with Crippen LogP contribution in [0.1, 0.15) is 17.7 Å². The Bertz CT molecular complexity index is 778. The normalized spacial score (nSPS) is 17.5. The van der Waals surface area contributed by atoms with Crippen LogP contribution in [-0.4, -0.2) is 35.9 Å². The Hall–Kier alpha value is -2.73. The Morgan fingerprint density at radius 3 is 2.96 bits per heavy atom. The number of rotatable bonds is 6. The van der Waals surface area contributed by atoms with Gasteiger partial charge in [-0.15, -0.1) is 0 Å². The van der Waals surface area contributed by atoms with Crippen LogP contribution in [0.4, 0.5) is 4.39 Å². The molecular weight excluding hydrogens is 321 g/mol. The number of ether oxygens (including phenoxy) is 1. The number of H-pyrrole nitrogens is 1. The average Bonchev–Trinajstić information content (AvgIpc) is 3.28. The number of hydrogen-bond acceptors (Lipinski definition) is 3. The van der Waals surface area contributed by atoms with Crippen LogP contribution in [0.3, 0.4) is 0 Å². The molecule has 1 fully saturated rings. The molecule has 1 unspecified atom stereocenters. The molecular formula is C19H20FN3O2. The second-order valence-electron chi connectivity index (χ2n) is 6.01. The lowest BCUT2D eigenvalue weighted by atomic mass is 10.0. The third-order valence-corrected chi connectivity index (χ3v) is 4.06. The number of nitrogens with one attached hydrogen (secondary N) is 3. The molecule has 1 aromatic heterocycles. The van der Waals surface area contributed by atoms with E-state index in [0.29, 0.717) is 19.6 Å². The molecule has 5 nitrogen and oxygen atoms in total. The summed E-state index contributed by atoms with van der Waals surface area (Å²) in [6, 6.07) is 9.97. The van der Waals surface area contributed by atoms with Gasteiger partial charge in [0.2, 0.25) is 0 Å². The second-order valence-corrected chi connectivity index (χ2v) is 6.01. The van der Waals surface area contributed by atoms with Crippen LogP contribution in [-0.2, 0) is 16.0 Å². The first kappa shape index (κ1) is 17.1. The summed E-state index contributed by atoms with van der Waals surface area (Å²) in [6.45, 7) is 1.11. The van der Waals surface area contributed by atoms with Crippen molar-refractivity contribution in [3.05, 3.63) is 65.7 Å². The molecule has 1 aliphatic heterocycles. The highest BCUT2D eigenvalue weighted by Crippen LogP contribution is 2.19. The molecule has 0 radical (unpaired) electrons. The lowest BCUT2D eigenvalue weighted by molar-refractivity contribution is -0.115. The largest absolute Gasteiger partial charge is 0.379 e.